The summed E-state index contributed by atoms with van der Waals surface area (Å²) in [5, 5.41) is 0. The van der Waals surface area contributed by atoms with E-state index in [4.69, 9.17) is 5.84 Å². The molecule has 0 aliphatic heterocycles. The van der Waals surface area contributed by atoms with Crippen LogP contribution in [-0.4, -0.2) is 0 Å². The van der Waals surface area contributed by atoms with E-state index in [-0.39, 0.29) is 0 Å². The van der Waals surface area contributed by atoms with Gasteiger partial charge >= 0.3 is 0 Å². The van der Waals surface area contributed by atoms with E-state index >= 15 is 0 Å². The largest absolute Gasteiger partial charge is 0.331 e. The standard InChI is InChI=1S/C21H16.C8H12N2.2C2H6/c1-17(18-11-5-2-6-12-18)21(19-13-7-3-8-14-19)20-15-9-4-10-16-20;1-2-7(5-6-10-9)8-3-4-8;2*1-2/h2-5,7-11,13-16H,1H3;2-6,8,10H,9H2,1H3;2*1-2H3/b;6-5-,7-2+;;. The van der Waals surface area contributed by atoms with Gasteiger partial charge in [-0.15, -0.1) is 0 Å². The molecule has 0 fully saturated rings. The highest BCUT2D eigenvalue weighted by Crippen LogP contribution is 2.31. The number of rotatable bonds is 6. The number of hydrazine groups is 1. The summed E-state index contributed by atoms with van der Waals surface area (Å²) >= 11 is 0. The van der Waals surface area contributed by atoms with Gasteiger partial charge in [0.2, 0.25) is 0 Å². The van der Waals surface area contributed by atoms with Gasteiger partial charge in [0.15, 0.2) is 0 Å². The lowest BCUT2D eigenvalue weighted by atomic mass is 9.91. The maximum absolute atomic E-state index is 5.07. The van der Waals surface area contributed by atoms with Gasteiger partial charge in [0, 0.05) is 17.7 Å². The van der Waals surface area contributed by atoms with Crippen LogP contribution in [0.2, 0.25) is 0 Å². The summed E-state index contributed by atoms with van der Waals surface area (Å²) in [4.78, 5) is 0. The molecule has 0 amide bonds. The van der Waals surface area contributed by atoms with Crippen molar-refractivity contribution >= 4 is 11.1 Å². The summed E-state index contributed by atoms with van der Waals surface area (Å²) in [6, 6.07) is 33.2. The lowest BCUT2D eigenvalue weighted by Crippen LogP contribution is -2.12. The molecular formula is C33H40N2. The molecule has 0 bridgehead atoms. The first-order chi connectivity index (χ1) is 17.2. The number of hydrogen-bond donors (Lipinski definition) is 2. The van der Waals surface area contributed by atoms with Crippen LogP contribution in [0.4, 0.5) is 0 Å². The van der Waals surface area contributed by atoms with E-state index in [9.17, 15) is 0 Å². The fraction of sp³-hybridized carbons (Fsp3) is 0.212. The SMILES string of the molecule is C/C=C(\C=C/NN)C1C=C1.CC.CC.CC(=C(c1ccccc1)c1ccccc1)c1c#cccc1. The van der Waals surface area contributed by atoms with Crippen molar-refractivity contribution in [3.63, 3.8) is 0 Å². The minimum absolute atomic E-state index is 0.564. The second-order valence-corrected chi connectivity index (χ2v) is 7.14. The third-order valence-corrected chi connectivity index (χ3v) is 5.03. The first-order valence-corrected chi connectivity index (χ1v) is 12.4. The molecule has 2 heteroatoms. The Balaban J connectivity index is 0.000000368. The zero-order valence-corrected chi connectivity index (χ0v) is 22.0. The number of allylic oxidation sites excluding steroid dienone is 6. The normalized spacial score (nSPS) is 11.5. The molecular weight excluding hydrogens is 424 g/mol. The second kappa shape index (κ2) is 17.6. The van der Waals surface area contributed by atoms with Crippen molar-refractivity contribution in [1.82, 2.24) is 5.43 Å². The monoisotopic (exact) mass is 464 g/mol. The molecule has 3 N–H and O–H groups in total. The molecule has 3 aromatic rings. The Morgan fingerprint density at radius 2 is 1.37 bits per heavy atom. The van der Waals surface area contributed by atoms with E-state index < -0.39 is 0 Å². The highest BCUT2D eigenvalue weighted by atomic mass is 15.2. The lowest BCUT2D eigenvalue weighted by Gasteiger charge is -2.13. The minimum atomic E-state index is 0.564. The molecule has 35 heavy (non-hydrogen) atoms. The summed E-state index contributed by atoms with van der Waals surface area (Å²) in [5.74, 6) is 5.63. The van der Waals surface area contributed by atoms with Crippen molar-refractivity contribution in [2.75, 3.05) is 0 Å². The van der Waals surface area contributed by atoms with E-state index in [0.717, 1.165) is 5.56 Å². The molecule has 1 aliphatic carbocycles. The molecule has 2 nitrogen and oxygen atoms in total. The zero-order valence-electron chi connectivity index (χ0n) is 22.0. The maximum Gasteiger partial charge on any atom is 0.0284 e. The van der Waals surface area contributed by atoms with E-state index in [1.165, 1.54) is 27.8 Å². The summed E-state index contributed by atoms with van der Waals surface area (Å²) in [6.45, 7) is 12.2. The molecule has 0 saturated carbocycles. The molecule has 0 aromatic heterocycles. The molecule has 4 rings (SSSR count). The van der Waals surface area contributed by atoms with Crippen molar-refractivity contribution in [3.8, 4) is 0 Å². The number of nitrogens with one attached hydrogen (secondary N) is 1. The third kappa shape index (κ3) is 9.92. The van der Waals surface area contributed by atoms with Gasteiger partial charge < -0.3 is 5.43 Å². The highest BCUT2D eigenvalue weighted by molar-refractivity contribution is 5.97. The van der Waals surface area contributed by atoms with Gasteiger partial charge in [-0.1, -0.05) is 125 Å². The molecule has 0 spiro atoms. The Hall–Kier alpha value is -3.80. The van der Waals surface area contributed by atoms with Gasteiger partial charge in [-0.25, -0.2) is 0 Å². The molecule has 0 saturated heterocycles. The predicted octanol–water partition coefficient (Wildman–Crippen LogP) is 8.41. The molecule has 182 valence electrons. The molecule has 0 unspecified atom stereocenters. The van der Waals surface area contributed by atoms with Crippen LogP contribution in [-0.2, 0) is 0 Å². The summed E-state index contributed by atoms with van der Waals surface area (Å²) in [6.07, 6.45) is 10.1. The van der Waals surface area contributed by atoms with Crippen molar-refractivity contribution < 1.29 is 0 Å². The molecule has 0 atom stereocenters. The first-order valence-electron chi connectivity index (χ1n) is 12.4. The Labute approximate surface area is 213 Å². The van der Waals surface area contributed by atoms with Crippen LogP contribution in [0, 0.1) is 18.1 Å². The Morgan fingerprint density at radius 3 is 1.77 bits per heavy atom. The van der Waals surface area contributed by atoms with Gasteiger partial charge in [0.1, 0.15) is 0 Å². The average molecular weight is 465 g/mol. The lowest BCUT2D eigenvalue weighted by molar-refractivity contribution is 0.961. The van der Waals surface area contributed by atoms with Gasteiger partial charge in [-0.05, 0) is 59.9 Å². The number of benzene rings is 2. The minimum Gasteiger partial charge on any atom is -0.331 e. The fourth-order valence-corrected chi connectivity index (χ4v) is 3.34. The molecule has 0 heterocycles. The average Bonchev–Trinajstić information content (AvgIpc) is 3.79. The van der Waals surface area contributed by atoms with Crippen LogP contribution < -0.4 is 11.3 Å². The van der Waals surface area contributed by atoms with Crippen LogP contribution in [0.3, 0.4) is 0 Å². The van der Waals surface area contributed by atoms with E-state index in [1.807, 2.05) is 65.0 Å². The third-order valence-electron chi connectivity index (χ3n) is 5.03. The van der Waals surface area contributed by atoms with Gasteiger partial charge in [0.05, 0.1) is 0 Å². The number of hydrogen-bond acceptors (Lipinski definition) is 2. The topological polar surface area (TPSA) is 38.0 Å². The quantitative estimate of drug-likeness (QED) is 0.166. The highest BCUT2D eigenvalue weighted by Gasteiger charge is 2.12. The van der Waals surface area contributed by atoms with Gasteiger partial charge in [-0.2, -0.15) is 0 Å². The van der Waals surface area contributed by atoms with Crippen molar-refractivity contribution in [2.45, 2.75) is 41.5 Å². The Morgan fingerprint density at radius 1 is 0.829 bits per heavy atom. The molecule has 0 radical (unpaired) electrons. The van der Waals surface area contributed by atoms with Crippen molar-refractivity contribution in [3.05, 3.63) is 144 Å². The Bertz CT molecular complexity index is 1010. The summed E-state index contributed by atoms with van der Waals surface area (Å²) in [5.41, 5.74) is 9.74. The van der Waals surface area contributed by atoms with Crippen LogP contribution >= 0.6 is 0 Å². The van der Waals surface area contributed by atoms with E-state index in [0.29, 0.717) is 5.92 Å². The van der Waals surface area contributed by atoms with Gasteiger partial charge in [-0.3, -0.25) is 5.84 Å². The van der Waals surface area contributed by atoms with Crippen LogP contribution in [0.25, 0.3) is 11.1 Å². The Kier molecular flexibility index (Phi) is 14.7. The van der Waals surface area contributed by atoms with Crippen LogP contribution in [0.15, 0.2) is 115 Å². The summed E-state index contributed by atoms with van der Waals surface area (Å²) in [7, 11) is 0. The summed E-state index contributed by atoms with van der Waals surface area (Å²) < 4.78 is 0. The maximum atomic E-state index is 5.07. The molecule has 3 aromatic carbocycles. The van der Waals surface area contributed by atoms with E-state index in [2.05, 4.69) is 97.3 Å². The smallest absolute Gasteiger partial charge is 0.0284 e. The molecule has 1 aliphatic rings. The van der Waals surface area contributed by atoms with Crippen molar-refractivity contribution in [1.29, 1.82) is 0 Å². The zero-order chi connectivity index (χ0) is 25.9. The fourth-order valence-electron chi connectivity index (χ4n) is 3.34. The van der Waals surface area contributed by atoms with Gasteiger partial charge in [0.25, 0.3) is 0 Å². The predicted molar refractivity (Wildman–Crippen MR) is 154 cm³/mol. The van der Waals surface area contributed by atoms with Crippen LogP contribution in [0.1, 0.15) is 58.2 Å². The first kappa shape index (κ1) is 29.2. The van der Waals surface area contributed by atoms with Crippen molar-refractivity contribution in [2.24, 2.45) is 11.8 Å². The van der Waals surface area contributed by atoms with E-state index in [1.54, 1.807) is 6.20 Å². The number of nitrogens with two attached hydrogens (primary N) is 1. The van der Waals surface area contributed by atoms with Crippen LogP contribution in [0.5, 0.6) is 0 Å². The second-order valence-electron chi connectivity index (χ2n) is 7.14.